The maximum absolute atomic E-state index is 4.64. The third kappa shape index (κ3) is 2.01. The Bertz CT molecular complexity index is 559. The van der Waals surface area contributed by atoms with Crippen LogP contribution < -0.4 is 4.90 Å². The molecule has 17 heavy (non-hydrogen) atoms. The van der Waals surface area contributed by atoms with Crippen molar-refractivity contribution >= 4 is 39.2 Å². The van der Waals surface area contributed by atoms with E-state index < -0.39 is 0 Å². The Morgan fingerprint density at radius 3 is 2.76 bits per heavy atom. The van der Waals surface area contributed by atoms with Gasteiger partial charge in [0, 0.05) is 33.4 Å². The highest BCUT2D eigenvalue weighted by molar-refractivity contribution is 14.1. The lowest BCUT2D eigenvalue weighted by atomic mass is 10.1. The molecule has 2 nitrogen and oxygen atoms in total. The molecule has 1 aromatic carbocycles. The molecule has 1 aliphatic heterocycles. The molecule has 0 N–H and O–H groups in total. The molecular formula is C14H15IN2. The number of aromatic nitrogens is 1. The van der Waals surface area contributed by atoms with Crippen LogP contribution in [0.2, 0.25) is 0 Å². The number of hydrogen-bond donors (Lipinski definition) is 0. The topological polar surface area (TPSA) is 16.1 Å². The Kier molecular flexibility index (Phi) is 2.94. The van der Waals surface area contributed by atoms with E-state index >= 15 is 0 Å². The molecule has 88 valence electrons. The van der Waals surface area contributed by atoms with Gasteiger partial charge in [0.25, 0.3) is 0 Å². The van der Waals surface area contributed by atoms with E-state index in [9.17, 15) is 0 Å². The van der Waals surface area contributed by atoms with Crippen molar-refractivity contribution in [3.63, 3.8) is 0 Å². The monoisotopic (exact) mass is 338 g/mol. The molecule has 0 unspecified atom stereocenters. The molecule has 1 aromatic heterocycles. The van der Waals surface area contributed by atoms with Crippen molar-refractivity contribution in [1.29, 1.82) is 0 Å². The SMILES string of the molecule is Cc1cc(N2CCCC2)c2c(I)cccc2n1. The zero-order valence-electron chi connectivity index (χ0n) is 9.91. The highest BCUT2D eigenvalue weighted by Gasteiger charge is 2.17. The van der Waals surface area contributed by atoms with Crippen molar-refractivity contribution < 1.29 is 0 Å². The van der Waals surface area contributed by atoms with Crippen LogP contribution in [-0.4, -0.2) is 18.1 Å². The minimum atomic E-state index is 1.11. The van der Waals surface area contributed by atoms with Gasteiger partial charge in [0.15, 0.2) is 0 Å². The number of hydrogen-bond acceptors (Lipinski definition) is 2. The second-order valence-electron chi connectivity index (χ2n) is 4.61. The molecule has 0 aliphatic carbocycles. The van der Waals surface area contributed by atoms with Crippen molar-refractivity contribution in [2.45, 2.75) is 19.8 Å². The largest absolute Gasteiger partial charge is 0.371 e. The molecule has 3 heteroatoms. The van der Waals surface area contributed by atoms with Crippen molar-refractivity contribution in [1.82, 2.24) is 4.98 Å². The molecule has 0 spiro atoms. The van der Waals surface area contributed by atoms with Gasteiger partial charge in [-0.1, -0.05) is 6.07 Å². The predicted molar refractivity (Wildman–Crippen MR) is 80.6 cm³/mol. The molecule has 0 radical (unpaired) electrons. The molecule has 2 heterocycles. The fraction of sp³-hybridized carbons (Fsp3) is 0.357. The summed E-state index contributed by atoms with van der Waals surface area (Å²) in [6, 6.07) is 8.60. The van der Waals surface area contributed by atoms with Crippen molar-refractivity contribution in [2.24, 2.45) is 0 Å². The van der Waals surface area contributed by atoms with E-state index in [0.29, 0.717) is 0 Å². The number of rotatable bonds is 1. The smallest absolute Gasteiger partial charge is 0.0736 e. The van der Waals surface area contributed by atoms with Crippen LogP contribution >= 0.6 is 22.6 Å². The first-order valence-corrected chi connectivity index (χ1v) is 7.14. The van der Waals surface area contributed by atoms with E-state index in [1.165, 1.54) is 40.6 Å². The molecule has 1 saturated heterocycles. The number of benzene rings is 1. The van der Waals surface area contributed by atoms with Gasteiger partial charge in [-0.15, -0.1) is 0 Å². The summed E-state index contributed by atoms with van der Waals surface area (Å²) in [5.41, 5.74) is 3.61. The number of nitrogens with zero attached hydrogens (tertiary/aromatic N) is 2. The molecule has 0 bridgehead atoms. The zero-order valence-corrected chi connectivity index (χ0v) is 12.1. The van der Waals surface area contributed by atoms with Gasteiger partial charge < -0.3 is 4.90 Å². The summed E-state index contributed by atoms with van der Waals surface area (Å²) in [6.07, 6.45) is 2.62. The van der Waals surface area contributed by atoms with Gasteiger partial charge in [-0.05, 0) is 60.6 Å². The Balaban J connectivity index is 2.27. The second kappa shape index (κ2) is 4.44. The van der Waals surface area contributed by atoms with Gasteiger partial charge in [0.1, 0.15) is 0 Å². The number of halogens is 1. The van der Waals surface area contributed by atoms with Gasteiger partial charge in [-0.3, -0.25) is 4.98 Å². The molecule has 1 fully saturated rings. The standard InChI is InChI=1S/C14H15IN2/c1-10-9-13(17-7-2-3-8-17)14-11(15)5-4-6-12(14)16-10/h4-6,9H,2-3,7-8H2,1H3. The molecule has 0 amide bonds. The fourth-order valence-electron chi connectivity index (χ4n) is 2.56. The van der Waals surface area contributed by atoms with Crippen LogP contribution in [0, 0.1) is 10.5 Å². The van der Waals surface area contributed by atoms with E-state index in [1.807, 2.05) is 0 Å². The molecule has 0 atom stereocenters. The lowest BCUT2D eigenvalue weighted by Crippen LogP contribution is -2.18. The molecule has 1 aliphatic rings. The van der Waals surface area contributed by atoms with E-state index in [0.717, 1.165) is 11.2 Å². The fourth-order valence-corrected chi connectivity index (χ4v) is 3.32. The number of pyridine rings is 1. The molecule has 2 aromatic rings. The minimum Gasteiger partial charge on any atom is -0.371 e. The normalized spacial score (nSPS) is 15.8. The van der Waals surface area contributed by atoms with Crippen LogP contribution in [0.3, 0.4) is 0 Å². The quantitative estimate of drug-likeness (QED) is 0.737. The lowest BCUT2D eigenvalue weighted by molar-refractivity contribution is 0.949. The highest BCUT2D eigenvalue weighted by Crippen LogP contribution is 2.32. The van der Waals surface area contributed by atoms with Gasteiger partial charge in [0.05, 0.1) is 5.52 Å². The van der Waals surface area contributed by atoms with Crippen molar-refractivity contribution in [2.75, 3.05) is 18.0 Å². The van der Waals surface area contributed by atoms with Crippen LogP contribution in [0.25, 0.3) is 10.9 Å². The highest BCUT2D eigenvalue weighted by atomic mass is 127. The second-order valence-corrected chi connectivity index (χ2v) is 5.77. The first-order chi connectivity index (χ1) is 8.25. The van der Waals surface area contributed by atoms with Crippen LogP contribution in [0.15, 0.2) is 24.3 Å². The number of fused-ring (bicyclic) bond motifs is 1. The summed E-state index contributed by atoms with van der Waals surface area (Å²) in [5.74, 6) is 0. The Morgan fingerprint density at radius 2 is 2.00 bits per heavy atom. The Morgan fingerprint density at radius 1 is 1.24 bits per heavy atom. The minimum absolute atomic E-state index is 1.11. The third-order valence-corrected chi connectivity index (χ3v) is 4.24. The Labute approximate surface area is 115 Å². The Hall–Kier alpha value is -0.840. The van der Waals surface area contributed by atoms with Gasteiger partial charge in [-0.2, -0.15) is 0 Å². The summed E-state index contributed by atoms with van der Waals surface area (Å²) < 4.78 is 1.30. The molecule has 0 saturated carbocycles. The van der Waals surface area contributed by atoms with Gasteiger partial charge >= 0.3 is 0 Å². The number of anilines is 1. The van der Waals surface area contributed by atoms with Crippen LogP contribution in [0.5, 0.6) is 0 Å². The lowest BCUT2D eigenvalue weighted by Gasteiger charge is -2.21. The maximum atomic E-state index is 4.64. The summed E-state index contributed by atoms with van der Waals surface area (Å²) in [5, 5.41) is 1.32. The third-order valence-electron chi connectivity index (χ3n) is 3.34. The van der Waals surface area contributed by atoms with Crippen molar-refractivity contribution in [3.8, 4) is 0 Å². The summed E-state index contributed by atoms with van der Waals surface area (Å²) in [7, 11) is 0. The van der Waals surface area contributed by atoms with Crippen LogP contribution in [0.1, 0.15) is 18.5 Å². The average Bonchev–Trinajstić information content (AvgIpc) is 2.81. The van der Waals surface area contributed by atoms with Crippen LogP contribution in [0.4, 0.5) is 5.69 Å². The number of aryl methyl sites for hydroxylation is 1. The average molecular weight is 338 g/mol. The first-order valence-electron chi connectivity index (χ1n) is 6.06. The summed E-state index contributed by atoms with van der Waals surface area (Å²) in [6.45, 7) is 4.45. The summed E-state index contributed by atoms with van der Waals surface area (Å²) >= 11 is 2.42. The summed E-state index contributed by atoms with van der Waals surface area (Å²) in [4.78, 5) is 7.14. The van der Waals surface area contributed by atoms with E-state index in [2.05, 4.69) is 63.7 Å². The maximum Gasteiger partial charge on any atom is 0.0736 e. The van der Waals surface area contributed by atoms with Gasteiger partial charge in [-0.25, -0.2) is 0 Å². The zero-order chi connectivity index (χ0) is 11.8. The van der Waals surface area contributed by atoms with E-state index in [1.54, 1.807) is 0 Å². The van der Waals surface area contributed by atoms with E-state index in [4.69, 9.17) is 0 Å². The molecule has 3 rings (SSSR count). The van der Waals surface area contributed by atoms with E-state index in [-0.39, 0.29) is 0 Å². The van der Waals surface area contributed by atoms with Crippen LogP contribution in [-0.2, 0) is 0 Å². The predicted octanol–water partition coefficient (Wildman–Crippen LogP) is 3.75. The molecular weight excluding hydrogens is 323 g/mol. The van der Waals surface area contributed by atoms with Gasteiger partial charge in [0.2, 0.25) is 0 Å². The van der Waals surface area contributed by atoms with Crippen molar-refractivity contribution in [3.05, 3.63) is 33.5 Å². The first kappa shape index (κ1) is 11.3.